The number of alkyl halides is 3. The van der Waals surface area contributed by atoms with Gasteiger partial charge in [-0.1, -0.05) is 0 Å². The number of fused-ring (bicyclic) bond motifs is 1. The first kappa shape index (κ1) is 11.2. The molecule has 88 valence electrons. The maximum absolute atomic E-state index is 12.0. The Morgan fingerprint density at radius 2 is 2.00 bits per heavy atom. The predicted octanol–water partition coefficient (Wildman–Crippen LogP) is 1.77. The van der Waals surface area contributed by atoms with Gasteiger partial charge in [0.1, 0.15) is 0 Å². The summed E-state index contributed by atoms with van der Waals surface area (Å²) in [6, 6.07) is 0.593. The van der Waals surface area contributed by atoms with Gasteiger partial charge in [-0.2, -0.15) is 13.2 Å². The minimum Gasteiger partial charge on any atom is -0.306 e. The first-order valence-corrected chi connectivity index (χ1v) is 5.59. The van der Waals surface area contributed by atoms with E-state index in [0.29, 0.717) is 6.04 Å². The highest BCUT2D eigenvalue weighted by Gasteiger charge is 2.34. The molecular weight excluding hydrogens is 205 g/mol. The van der Waals surface area contributed by atoms with Crippen LogP contribution in [0.2, 0.25) is 0 Å². The van der Waals surface area contributed by atoms with E-state index in [1.807, 2.05) is 0 Å². The summed E-state index contributed by atoms with van der Waals surface area (Å²) >= 11 is 0. The van der Waals surface area contributed by atoms with Crippen molar-refractivity contribution in [2.75, 3.05) is 19.6 Å². The predicted molar refractivity (Wildman–Crippen MR) is 51.7 cm³/mol. The van der Waals surface area contributed by atoms with Crippen LogP contribution in [0, 0.1) is 0 Å². The fourth-order valence-electron chi connectivity index (χ4n) is 2.67. The summed E-state index contributed by atoms with van der Waals surface area (Å²) in [5, 5.41) is 2.62. The van der Waals surface area contributed by atoms with Crippen molar-refractivity contribution in [1.29, 1.82) is 0 Å². The molecule has 5 heteroatoms. The minimum atomic E-state index is -4.08. The van der Waals surface area contributed by atoms with Gasteiger partial charge in [0.25, 0.3) is 0 Å². The average molecular weight is 222 g/mol. The molecule has 0 spiro atoms. The maximum atomic E-state index is 12.0. The van der Waals surface area contributed by atoms with Gasteiger partial charge in [0.15, 0.2) is 0 Å². The lowest BCUT2D eigenvalue weighted by molar-refractivity contribution is -0.127. The van der Waals surface area contributed by atoms with Crippen LogP contribution in [-0.2, 0) is 0 Å². The molecule has 2 atom stereocenters. The molecule has 1 N–H and O–H groups in total. The summed E-state index contributed by atoms with van der Waals surface area (Å²) in [4.78, 5) is 2.41. The van der Waals surface area contributed by atoms with Crippen LogP contribution in [0.25, 0.3) is 0 Å². The molecule has 2 heterocycles. The smallest absolute Gasteiger partial charge is 0.306 e. The quantitative estimate of drug-likeness (QED) is 0.766. The van der Waals surface area contributed by atoms with Gasteiger partial charge in [0.2, 0.25) is 0 Å². The van der Waals surface area contributed by atoms with Crippen molar-refractivity contribution in [2.45, 2.75) is 43.9 Å². The number of nitrogens with one attached hydrogen (secondary N) is 1. The molecule has 15 heavy (non-hydrogen) atoms. The lowest BCUT2D eigenvalue weighted by Gasteiger charge is -2.35. The topological polar surface area (TPSA) is 15.3 Å². The van der Waals surface area contributed by atoms with E-state index in [9.17, 15) is 13.2 Å². The molecule has 0 aliphatic carbocycles. The van der Waals surface area contributed by atoms with Gasteiger partial charge in [-0.3, -0.25) is 0 Å². The van der Waals surface area contributed by atoms with Crippen LogP contribution in [0.15, 0.2) is 0 Å². The van der Waals surface area contributed by atoms with Crippen molar-refractivity contribution in [3.05, 3.63) is 0 Å². The fraction of sp³-hybridized carbons (Fsp3) is 1.00. The average Bonchev–Trinajstić information content (AvgIpc) is 2.60. The van der Waals surface area contributed by atoms with Crippen LogP contribution in [0.4, 0.5) is 13.2 Å². The first-order chi connectivity index (χ1) is 7.04. The van der Waals surface area contributed by atoms with Gasteiger partial charge >= 0.3 is 6.18 Å². The molecule has 2 saturated heterocycles. The molecule has 0 radical (unpaired) electrons. The van der Waals surface area contributed by atoms with Crippen molar-refractivity contribution in [3.8, 4) is 0 Å². The van der Waals surface area contributed by atoms with Gasteiger partial charge in [0.05, 0.1) is 6.54 Å². The summed E-state index contributed by atoms with van der Waals surface area (Å²) < 4.78 is 36.0. The van der Waals surface area contributed by atoms with E-state index >= 15 is 0 Å². The molecular formula is C10H17F3N2. The standard InChI is InChI=1S/C10H17F3N2/c11-10(12,13)7-14-8-3-5-15-4-1-2-9(15)6-8/h8-9,14H,1-7H2. The molecule has 2 aliphatic heterocycles. The van der Waals surface area contributed by atoms with E-state index in [-0.39, 0.29) is 6.04 Å². The minimum absolute atomic E-state index is 0.0611. The Labute approximate surface area is 87.8 Å². The highest BCUT2D eigenvalue weighted by Crippen LogP contribution is 2.27. The van der Waals surface area contributed by atoms with Crippen LogP contribution in [0.1, 0.15) is 25.7 Å². The van der Waals surface area contributed by atoms with Crippen molar-refractivity contribution in [3.63, 3.8) is 0 Å². The van der Waals surface area contributed by atoms with Crippen molar-refractivity contribution >= 4 is 0 Å². The Morgan fingerprint density at radius 1 is 1.20 bits per heavy atom. The van der Waals surface area contributed by atoms with Crippen molar-refractivity contribution in [1.82, 2.24) is 10.2 Å². The highest BCUT2D eigenvalue weighted by molar-refractivity contribution is 4.89. The molecule has 2 unspecified atom stereocenters. The fourth-order valence-corrected chi connectivity index (χ4v) is 2.67. The summed E-state index contributed by atoms with van der Waals surface area (Å²) in [6.07, 6.45) is 0.0241. The third-order valence-corrected chi connectivity index (χ3v) is 3.41. The molecule has 0 bridgehead atoms. The van der Waals surface area contributed by atoms with Crippen molar-refractivity contribution < 1.29 is 13.2 Å². The first-order valence-electron chi connectivity index (χ1n) is 5.59. The number of rotatable bonds is 2. The third-order valence-electron chi connectivity index (χ3n) is 3.41. The molecule has 2 nitrogen and oxygen atoms in total. The lowest BCUT2D eigenvalue weighted by Crippen LogP contribution is -2.47. The van der Waals surface area contributed by atoms with E-state index in [0.717, 1.165) is 32.4 Å². The Bertz CT molecular complexity index is 217. The highest BCUT2D eigenvalue weighted by atomic mass is 19.4. The Hall–Kier alpha value is -0.290. The summed E-state index contributed by atoms with van der Waals surface area (Å²) in [7, 11) is 0. The van der Waals surface area contributed by atoms with Crippen LogP contribution < -0.4 is 5.32 Å². The van der Waals surface area contributed by atoms with Gasteiger partial charge in [-0.15, -0.1) is 0 Å². The number of hydrogen-bond donors (Lipinski definition) is 1. The normalized spacial score (nSPS) is 33.0. The van der Waals surface area contributed by atoms with Gasteiger partial charge in [0, 0.05) is 12.1 Å². The molecule has 0 saturated carbocycles. The van der Waals surface area contributed by atoms with E-state index in [1.165, 1.54) is 6.42 Å². The van der Waals surface area contributed by atoms with Gasteiger partial charge < -0.3 is 10.2 Å². The number of halogens is 3. The zero-order chi connectivity index (χ0) is 10.9. The van der Waals surface area contributed by atoms with Crippen LogP contribution in [0.5, 0.6) is 0 Å². The van der Waals surface area contributed by atoms with E-state index in [2.05, 4.69) is 10.2 Å². The second kappa shape index (κ2) is 4.29. The second-order valence-electron chi connectivity index (χ2n) is 4.55. The molecule has 0 aromatic heterocycles. The second-order valence-corrected chi connectivity index (χ2v) is 4.55. The summed E-state index contributed by atoms with van der Waals surface area (Å²) in [6.45, 7) is 1.25. The number of nitrogens with zero attached hydrogens (tertiary/aromatic N) is 1. The molecule has 2 fully saturated rings. The Balaban J connectivity index is 1.75. The zero-order valence-electron chi connectivity index (χ0n) is 8.69. The van der Waals surface area contributed by atoms with Crippen LogP contribution in [-0.4, -0.2) is 42.8 Å². The molecule has 0 aromatic carbocycles. The maximum Gasteiger partial charge on any atom is 0.401 e. The summed E-state index contributed by atoms with van der Waals surface area (Å²) in [5.41, 5.74) is 0. The van der Waals surface area contributed by atoms with Crippen LogP contribution >= 0.6 is 0 Å². The van der Waals surface area contributed by atoms with Gasteiger partial charge in [-0.25, -0.2) is 0 Å². The number of piperidine rings is 1. The molecule has 0 amide bonds. The SMILES string of the molecule is FC(F)(F)CNC1CCN2CCCC2C1. The summed E-state index contributed by atoms with van der Waals surface area (Å²) in [5.74, 6) is 0. The van der Waals surface area contributed by atoms with E-state index < -0.39 is 12.7 Å². The van der Waals surface area contributed by atoms with Crippen LogP contribution in [0.3, 0.4) is 0 Å². The lowest BCUT2D eigenvalue weighted by atomic mass is 9.98. The van der Waals surface area contributed by atoms with Crippen molar-refractivity contribution in [2.24, 2.45) is 0 Å². The third kappa shape index (κ3) is 3.08. The van der Waals surface area contributed by atoms with Gasteiger partial charge in [-0.05, 0) is 38.8 Å². The Kier molecular flexibility index (Phi) is 3.21. The Morgan fingerprint density at radius 3 is 2.73 bits per heavy atom. The van der Waals surface area contributed by atoms with E-state index in [4.69, 9.17) is 0 Å². The zero-order valence-corrected chi connectivity index (χ0v) is 8.69. The monoisotopic (exact) mass is 222 g/mol. The molecule has 0 aromatic rings. The largest absolute Gasteiger partial charge is 0.401 e. The number of hydrogen-bond acceptors (Lipinski definition) is 2. The molecule has 2 aliphatic rings. The molecule has 2 rings (SSSR count). The van der Waals surface area contributed by atoms with E-state index in [1.54, 1.807) is 0 Å².